The number of hydrogen-bond acceptors (Lipinski definition) is 9. The zero-order chi connectivity index (χ0) is 22.4. The summed E-state index contributed by atoms with van der Waals surface area (Å²) in [4.78, 5) is 3.48. The van der Waals surface area contributed by atoms with Gasteiger partial charge in [-0.1, -0.05) is 0 Å². The molecular weight excluding hydrogens is 463 g/mol. The molecule has 3 rings (SSSR count). The Kier molecular flexibility index (Phi) is 8.37. The van der Waals surface area contributed by atoms with Gasteiger partial charge in [0.25, 0.3) is 0 Å². The van der Waals surface area contributed by atoms with E-state index in [0.29, 0.717) is 0 Å². The van der Waals surface area contributed by atoms with Crippen LogP contribution in [0.4, 0.5) is 0 Å². The average Bonchev–Trinajstić information content (AvgIpc) is 3.45. The SMILES string of the molecule is CN(C)/N=C/c1ccc(P(c2ccc(/C=N/N(C)C)s2)c2ccc(/C=N/N(C)C)s2)s1. The predicted molar refractivity (Wildman–Crippen MR) is 143 cm³/mol. The lowest BCUT2D eigenvalue weighted by molar-refractivity contribution is 0.440. The maximum absolute atomic E-state index is 4.39. The van der Waals surface area contributed by atoms with E-state index in [4.69, 9.17) is 0 Å². The maximum Gasteiger partial charge on any atom is 0.0642 e. The normalized spacial score (nSPS) is 12.1. The summed E-state index contributed by atoms with van der Waals surface area (Å²) < 4.78 is 4.10. The molecule has 6 nitrogen and oxygen atoms in total. The molecule has 3 heterocycles. The molecule has 0 spiro atoms. The highest BCUT2D eigenvalue weighted by molar-refractivity contribution is 7.91. The monoisotopic (exact) mass is 490 g/mol. The van der Waals surface area contributed by atoms with Gasteiger partial charge < -0.3 is 15.0 Å². The summed E-state index contributed by atoms with van der Waals surface area (Å²) in [5, 5.41) is 18.6. The fourth-order valence-electron chi connectivity index (χ4n) is 2.44. The van der Waals surface area contributed by atoms with E-state index in [1.807, 2.05) is 110 Å². The third kappa shape index (κ3) is 6.97. The maximum atomic E-state index is 4.39. The molecule has 10 heteroatoms. The Morgan fingerprint density at radius 3 is 1.10 bits per heavy atom. The minimum atomic E-state index is -0.632. The van der Waals surface area contributed by atoms with Crippen molar-refractivity contribution >= 4 is 74.4 Å². The van der Waals surface area contributed by atoms with Crippen LogP contribution in [0.3, 0.4) is 0 Å². The molecule has 164 valence electrons. The lowest BCUT2D eigenvalue weighted by Crippen LogP contribution is -2.13. The van der Waals surface area contributed by atoms with Crippen molar-refractivity contribution in [1.82, 2.24) is 15.0 Å². The summed E-state index contributed by atoms with van der Waals surface area (Å²) in [6, 6.07) is 13.2. The Labute approximate surface area is 197 Å². The Hall–Kier alpha value is -2.06. The Morgan fingerprint density at radius 1 is 0.548 bits per heavy atom. The van der Waals surface area contributed by atoms with E-state index >= 15 is 0 Å². The number of hydrogen-bond donors (Lipinski definition) is 0. The topological polar surface area (TPSA) is 46.8 Å². The van der Waals surface area contributed by atoms with E-state index in [0.717, 1.165) is 14.6 Å². The predicted octanol–water partition coefficient (Wildman–Crippen LogP) is 3.32. The zero-order valence-electron chi connectivity index (χ0n) is 18.6. The summed E-state index contributed by atoms with van der Waals surface area (Å²) >= 11 is 5.43. The molecule has 0 fully saturated rings. The van der Waals surface area contributed by atoms with Crippen LogP contribution in [0.15, 0.2) is 51.7 Å². The van der Waals surface area contributed by atoms with Crippen LogP contribution in [0.2, 0.25) is 0 Å². The van der Waals surface area contributed by atoms with Gasteiger partial charge in [-0.3, -0.25) is 0 Å². The van der Waals surface area contributed by atoms with E-state index in [-0.39, 0.29) is 0 Å². The summed E-state index contributed by atoms with van der Waals surface area (Å²) in [7, 11) is 11.0. The molecule has 0 saturated carbocycles. The first-order valence-electron chi connectivity index (χ1n) is 9.55. The van der Waals surface area contributed by atoms with Crippen LogP contribution in [0.5, 0.6) is 0 Å². The first-order chi connectivity index (χ1) is 14.8. The van der Waals surface area contributed by atoms with Crippen LogP contribution < -0.4 is 13.9 Å². The fraction of sp³-hybridized carbons (Fsp3) is 0.286. The third-order valence-electron chi connectivity index (χ3n) is 3.75. The molecule has 0 unspecified atom stereocenters. The van der Waals surface area contributed by atoms with Crippen molar-refractivity contribution in [2.45, 2.75) is 0 Å². The molecule has 3 aromatic rings. The molecule has 31 heavy (non-hydrogen) atoms. The second-order valence-electron chi connectivity index (χ2n) is 7.14. The van der Waals surface area contributed by atoms with Crippen LogP contribution in [-0.4, -0.2) is 76.0 Å². The Balaban J connectivity index is 1.97. The van der Waals surface area contributed by atoms with Gasteiger partial charge in [-0.05, 0) is 36.4 Å². The number of rotatable bonds is 9. The Bertz CT molecular complexity index is 927. The lowest BCUT2D eigenvalue weighted by atomic mass is 10.5. The quantitative estimate of drug-likeness (QED) is 0.263. The van der Waals surface area contributed by atoms with Crippen molar-refractivity contribution in [1.29, 1.82) is 0 Å². The molecule has 3 aromatic heterocycles. The van der Waals surface area contributed by atoms with Crippen molar-refractivity contribution in [3.05, 3.63) is 51.0 Å². The standard InChI is InChI=1S/C21H27N6PS3/c1-25(2)22-13-16-7-10-19(29-16)28(20-11-8-17(30-20)14-23-26(3)4)21-12-9-18(31-21)15-24-27(5)6/h7-15H,1-6H3/b22-13+,23-14+,24-15+. The molecule has 0 aliphatic carbocycles. The zero-order valence-corrected chi connectivity index (χ0v) is 21.9. The molecule has 0 amide bonds. The van der Waals surface area contributed by atoms with Gasteiger partial charge in [-0.25, -0.2) is 0 Å². The van der Waals surface area contributed by atoms with E-state index in [1.54, 1.807) is 0 Å². The molecule has 0 radical (unpaired) electrons. The van der Waals surface area contributed by atoms with Crippen LogP contribution in [0.25, 0.3) is 0 Å². The number of hydrazone groups is 3. The summed E-state index contributed by atoms with van der Waals surface area (Å²) in [5.74, 6) is 0. The van der Waals surface area contributed by atoms with Crippen LogP contribution >= 0.6 is 41.9 Å². The van der Waals surface area contributed by atoms with E-state index in [1.165, 1.54) is 13.9 Å². The highest BCUT2D eigenvalue weighted by Gasteiger charge is 2.22. The summed E-state index contributed by atoms with van der Waals surface area (Å²) in [6.45, 7) is 0. The van der Waals surface area contributed by atoms with E-state index in [2.05, 4.69) is 51.7 Å². The fourth-order valence-corrected chi connectivity index (χ4v) is 9.94. The van der Waals surface area contributed by atoms with Gasteiger partial charge in [0.05, 0.1) is 18.6 Å². The summed E-state index contributed by atoms with van der Waals surface area (Å²) in [5.41, 5.74) is 0. The first kappa shape index (κ1) is 23.6. The second kappa shape index (κ2) is 11.0. The summed E-state index contributed by atoms with van der Waals surface area (Å²) in [6.07, 6.45) is 5.78. The van der Waals surface area contributed by atoms with Gasteiger partial charge in [-0.2, -0.15) is 15.3 Å². The minimum Gasteiger partial charge on any atom is -0.303 e. The average molecular weight is 491 g/mol. The highest BCUT2D eigenvalue weighted by Crippen LogP contribution is 2.39. The third-order valence-corrected chi connectivity index (χ3v) is 10.4. The van der Waals surface area contributed by atoms with Gasteiger partial charge >= 0.3 is 0 Å². The van der Waals surface area contributed by atoms with Crippen molar-refractivity contribution in [3.8, 4) is 0 Å². The van der Waals surface area contributed by atoms with Crippen molar-refractivity contribution < 1.29 is 0 Å². The molecule has 0 saturated heterocycles. The smallest absolute Gasteiger partial charge is 0.0642 e. The molecule has 0 aliphatic heterocycles. The van der Waals surface area contributed by atoms with Gasteiger partial charge in [-0.15, -0.1) is 34.0 Å². The second-order valence-corrected chi connectivity index (χ2v) is 13.5. The number of thiophene rings is 3. The van der Waals surface area contributed by atoms with Crippen LogP contribution in [0, 0.1) is 0 Å². The highest BCUT2D eigenvalue weighted by atomic mass is 32.1. The van der Waals surface area contributed by atoms with Gasteiger partial charge in [0.1, 0.15) is 0 Å². The molecular formula is C21H27N6PS3. The largest absolute Gasteiger partial charge is 0.303 e. The van der Waals surface area contributed by atoms with Gasteiger partial charge in [0.2, 0.25) is 0 Å². The van der Waals surface area contributed by atoms with Crippen molar-refractivity contribution in [3.63, 3.8) is 0 Å². The van der Waals surface area contributed by atoms with E-state index < -0.39 is 7.92 Å². The Morgan fingerprint density at radius 2 is 0.839 bits per heavy atom. The molecule has 0 aliphatic rings. The van der Waals surface area contributed by atoms with Crippen molar-refractivity contribution in [2.24, 2.45) is 15.3 Å². The molecule has 0 N–H and O–H groups in total. The van der Waals surface area contributed by atoms with Gasteiger partial charge in [0.15, 0.2) is 0 Å². The van der Waals surface area contributed by atoms with Crippen LogP contribution in [0.1, 0.15) is 14.6 Å². The first-order valence-corrected chi connectivity index (χ1v) is 13.3. The minimum absolute atomic E-state index is 0.632. The van der Waals surface area contributed by atoms with Crippen LogP contribution in [-0.2, 0) is 0 Å². The van der Waals surface area contributed by atoms with Crippen molar-refractivity contribution in [2.75, 3.05) is 42.3 Å². The van der Waals surface area contributed by atoms with Gasteiger partial charge in [0, 0.05) is 78.7 Å². The van der Waals surface area contributed by atoms with E-state index in [9.17, 15) is 0 Å². The number of nitrogens with zero attached hydrogens (tertiary/aromatic N) is 6. The molecule has 0 aromatic carbocycles. The lowest BCUT2D eigenvalue weighted by Gasteiger charge is -2.12. The molecule has 0 atom stereocenters. The molecule has 0 bridgehead atoms.